The van der Waals surface area contributed by atoms with E-state index in [9.17, 15) is 19.6 Å². The van der Waals surface area contributed by atoms with Gasteiger partial charge in [0.25, 0.3) is 5.91 Å². The van der Waals surface area contributed by atoms with Crippen molar-refractivity contribution in [2.75, 3.05) is 13.7 Å². The fraction of sp³-hybridized carbons (Fsp3) is 0.259. The van der Waals surface area contributed by atoms with Gasteiger partial charge in [0.05, 0.1) is 24.7 Å². The first kappa shape index (κ1) is 23.0. The minimum absolute atomic E-state index is 0.129. The van der Waals surface area contributed by atoms with Gasteiger partial charge in [-0.2, -0.15) is 5.26 Å². The maximum atomic E-state index is 13.4. The van der Waals surface area contributed by atoms with Crippen LogP contribution in [0.15, 0.2) is 71.7 Å². The summed E-state index contributed by atoms with van der Waals surface area (Å²) in [6, 6.07) is 19.4. The van der Waals surface area contributed by atoms with Gasteiger partial charge in [0, 0.05) is 30.4 Å². The molecule has 34 heavy (non-hydrogen) atoms. The maximum absolute atomic E-state index is 13.4. The highest BCUT2D eigenvalue weighted by molar-refractivity contribution is 5.95. The van der Waals surface area contributed by atoms with E-state index in [-0.39, 0.29) is 23.5 Å². The van der Waals surface area contributed by atoms with Gasteiger partial charge in [-0.3, -0.25) is 14.4 Å². The van der Waals surface area contributed by atoms with Crippen LogP contribution in [-0.4, -0.2) is 41.5 Å². The molecule has 0 aliphatic carbocycles. The van der Waals surface area contributed by atoms with Crippen molar-refractivity contribution in [3.05, 3.63) is 93.9 Å². The molecule has 2 unspecified atom stereocenters. The Kier molecular flexibility index (Phi) is 6.88. The molecular formula is C27H25N3O4. The predicted octanol–water partition coefficient (Wildman–Crippen LogP) is 3.55. The van der Waals surface area contributed by atoms with Crippen molar-refractivity contribution in [3.63, 3.8) is 0 Å². The zero-order valence-electron chi connectivity index (χ0n) is 18.9. The number of hydrogen-bond acceptors (Lipinski definition) is 5. The summed E-state index contributed by atoms with van der Waals surface area (Å²) in [5.41, 5.74) is 3.49. The normalized spacial score (nSPS) is 16.0. The van der Waals surface area contributed by atoms with Gasteiger partial charge in [0.15, 0.2) is 0 Å². The number of carbonyl (C=O) groups excluding carboxylic acids is 2. The molecule has 1 fully saturated rings. The number of benzene rings is 2. The third-order valence-corrected chi connectivity index (χ3v) is 6.29. The number of likely N-dealkylation sites (tertiary alicyclic amines) is 1. The van der Waals surface area contributed by atoms with Crippen LogP contribution in [0.2, 0.25) is 0 Å². The lowest BCUT2D eigenvalue weighted by molar-refractivity contribution is -0.147. The molecule has 1 aliphatic rings. The van der Waals surface area contributed by atoms with Crippen LogP contribution in [0.1, 0.15) is 34.3 Å². The number of aromatic amines is 1. The highest BCUT2D eigenvalue weighted by Crippen LogP contribution is 2.30. The molecule has 7 nitrogen and oxygen atoms in total. The zero-order valence-corrected chi connectivity index (χ0v) is 18.9. The van der Waals surface area contributed by atoms with Gasteiger partial charge in [0.1, 0.15) is 0 Å². The smallest absolute Gasteiger partial charge is 0.311 e. The number of nitriles is 1. The van der Waals surface area contributed by atoms with Gasteiger partial charge in [-0.1, -0.05) is 24.3 Å². The van der Waals surface area contributed by atoms with Gasteiger partial charge in [-0.25, -0.2) is 0 Å². The second-order valence-corrected chi connectivity index (χ2v) is 8.37. The summed E-state index contributed by atoms with van der Waals surface area (Å²) in [4.78, 5) is 41.9. The molecule has 1 N–H and O–H groups in total. The molecule has 0 spiro atoms. The van der Waals surface area contributed by atoms with E-state index in [0.29, 0.717) is 30.5 Å². The first-order valence-electron chi connectivity index (χ1n) is 11.2. The molecule has 1 amide bonds. The Labute approximate surface area is 197 Å². The summed E-state index contributed by atoms with van der Waals surface area (Å²) in [5.74, 6) is -1.01. The summed E-state index contributed by atoms with van der Waals surface area (Å²) >= 11 is 0. The van der Waals surface area contributed by atoms with Crippen molar-refractivity contribution in [2.45, 2.75) is 25.3 Å². The van der Waals surface area contributed by atoms with Gasteiger partial charge >= 0.3 is 5.97 Å². The Hall–Kier alpha value is -4.18. The van der Waals surface area contributed by atoms with Crippen LogP contribution < -0.4 is 5.56 Å². The average Bonchev–Trinajstić information content (AvgIpc) is 3.36. The van der Waals surface area contributed by atoms with Crippen LogP contribution in [-0.2, 0) is 16.0 Å². The summed E-state index contributed by atoms with van der Waals surface area (Å²) in [6.07, 6.45) is 3.54. The molecule has 7 heteroatoms. The van der Waals surface area contributed by atoms with Crippen molar-refractivity contribution in [1.29, 1.82) is 5.26 Å². The van der Waals surface area contributed by atoms with E-state index in [1.54, 1.807) is 47.5 Å². The number of rotatable bonds is 6. The monoisotopic (exact) mass is 455 g/mol. The van der Waals surface area contributed by atoms with Crippen molar-refractivity contribution < 1.29 is 14.3 Å². The van der Waals surface area contributed by atoms with E-state index in [2.05, 4.69) is 11.1 Å². The van der Waals surface area contributed by atoms with Crippen LogP contribution in [0.25, 0.3) is 11.1 Å². The zero-order chi connectivity index (χ0) is 24.1. The quantitative estimate of drug-likeness (QED) is 0.573. The number of H-pyrrole nitrogens is 1. The Morgan fingerprint density at radius 2 is 1.91 bits per heavy atom. The van der Waals surface area contributed by atoms with Crippen LogP contribution >= 0.6 is 0 Å². The lowest BCUT2D eigenvalue weighted by Gasteiger charge is -2.30. The number of carbonyl (C=O) groups is 2. The Morgan fingerprint density at radius 1 is 1.15 bits per heavy atom. The number of aromatic nitrogens is 1. The van der Waals surface area contributed by atoms with E-state index in [0.717, 1.165) is 23.1 Å². The van der Waals surface area contributed by atoms with Crippen molar-refractivity contribution in [2.24, 2.45) is 5.92 Å². The maximum Gasteiger partial charge on any atom is 0.311 e. The van der Waals surface area contributed by atoms with Crippen LogP contribution in [0.3, 0.4) is 0 Å². The summed E-state index contributed by atoms with van der Waals surface area (Å²) in [6.45, 7) is 0.566. The van der Waals surface area contributed by atoms with Crippen molar-refractivity contribution >= 4 is 11.9 Å². The molecular weight excluding hydrogens is 430 g/mol. The predicted molar refractivity (Wildman–Crippen MR) is 127 cm³/mol. The fourth-order valence-corrected chi connectivity index (χ4v) is 4.57. The van der Waals surface area contributed by atoms with Crippen LogP contribution in [0.5, 0.6) is 0 Å². The molecule has 1 aliphatic heterocycles. The van der Waals surface area contributed by atoms with E-state index in [4.69, 9.17) is 4.74 Å². The number of pyridine rings is 1. The molecule has 2 heterocycles. The number of methoxy groups -OCH3 is 1. The average molecular weight is 456 g/mol. The summed E-state index contributed by atoms with van der Waals surface area (Å²) in [5, 5.41) is 9.20. The number of nitrogens with one attached hydrogen (secondary N) is 1. The topological polar surface area (TPSA) is 103 Å². The fourth-order valence-electron chi connectivity index (χ4n) is 4.57. The minimum Gasteiger partial charge on any atom is -0.469 e. The second kappa shape index (κ2) is 10.2. The van der Waals surface area contributed by atoms with E-state index in [1.165, 1.54) is 13.2 Å². The third-order valence-electron chi connectivity index (χ3n) is 6.29. The van der Waals surface area contributed by atoms with Crippen LogP contribution in [0, 0.1) is 17.2 Å². The highest BCUT2D eigenvalue weighted by atomic mass is 16.5. The van der Waals surface area contributed by atoms with Crippen molar-refractivity contribution in [1.82, 2.24) is 9.88 Å². The summed E-state index contributed by atoms with van der Waals surface area (Å²) in [7, 11) is 1.36. The first-order chi connectivity index (χ1) is 16.5. The Balaban J connectivity index is 1.55. The van der Waals surface area contributed by atoms with Gasteiger partial charge in [0.2, 0.25) is 5.56 Å². The Morgan fingerprint density at radius 3 is 2.59 bits per heavy atom. The van der Waals surface area contributed by atoms with E-state index >= 15 is 0 Å². The van der Waals surface area contributed by atoms with Crippen LogP contribution in [0.4, 0.5) is 0 Å². The molecule has 2 atom stereocenters. The number of ether oxygens (including phenoxy) is 1. The highest BCUT2D eigenvalue weighted by Gasteiger charge is 2.39. The number of esters is 1. The first-order valence-corrected chi connectivity index (χ1v) is 11.2. The molecule has 0 saturated carbocycles. The molecule has 4 rings (SSSR count). The second-order valence-electron chi connectivity index (χ2n) is 8.37. The minimum atomic E-state index is -0.522. The van der Waals surface area contributed by atoms with Gasteiger partial charge in [-0.15, -0.1) is 0 Å². The third kappa shape index (κ3) is 4.91. The number of amides is 1. The molecule has 172 valence electrons. The molecule has 0 bridgehead atoms. The Bertz CT molecular complexity index is 1270. The van der Waals surface area contributed by atoms with E-state index in [1.807, 2.05) is 18.2 Å². The van der Waals surface area contributed by atoms with Gasteiger partial charge in [-0.05, 0) is 66.3 Å². The lowest BCUT2D eigenvalue weighted by Crippen LogP contribution is -2.44. The lowest BCUT2D eigenvalue weighted by atomic mass is 9.89. The van der Waals surface area contributed by atoms with E-state index < -0.39 is 5.92 Å². The molecule has 3 aromatic rings. The SMILES string of the molecule is COC(=O)C(Cc1cccc(C#N)c1)C1CCCN1C(=O)c1ccc(-c2ccc(=O)[nH]c2)cc1. The van der Waals surface area contributed by atoms with Crippen molar-refractivity contribution in [3.8, 4) is 17.2 Å². The number of hydrogen-bond donors (Lipinski definition) is 1. The number of nitrogens with zero attached hydrogens (tertiary/aromatic N) is 2. The summed E-state index contributed by atoms with van der Waals surface area (Å²) < 4.78 is 5.09. The largest absolute Gasteiger partial charge is 0.469 e. The standard InChI is InChI=1S/C27H25N3O4/c1-34-27(33)23(15-18-4-2-5-19(14-18)16-28)24-6-3-13-30(24)26(32)21-9-7-20(8-10-21)22-11-12-25(31)29-17-22/h2,4-5,7-12,14,17,23-24H,3,6,13,15H2,1H3,(H,29,31). The molecule has 2 aromatic carbocycles. The molecule has 1 aromatic heterocycles. The van der Waals surface area contributed by atoms with Gasteiger partial charge < -0.3 is 14.6 Å². The molecule has 0 radical (unpaired) electrons. The molecule has 1 saturated heterocycles.